The number of hydrogen-bond acceptors (Lipinski definition) is 2. The van der Waals surface area contributed by atoms with Crippen molar-refractivity contribution in [1.29, 1.82) is 0 Å². The second-order valence-electron chi connectivity index (χ2n) is 24.2. The highest BCUT2D eigenvalue weighted by Gasteiger charge is 2.30. The van der Waals surface area contributed by atoms with E-state index < -0.39 is 0 Å². The van der Waals surface area contributed by atoms with Crippen LogP contribution in [0.15, 0.2) is 158 Å². The Morgan fingerprint density at radius 2 is 0.730 bits per heavy atom. The lowest BCUT2D eigenvalue weighted by Crippen LogP contribution is -2.11. The largest absolute Gasteiger partial charge is 0.310 e. The van der Waals surface area contributed by atoms with Crippen LogP contribution in [0.4, 0.5) is 34.1 Å². The van der Waals surface area contributed by atoms with Gasteiger partial charge in [-0.1, -0.05) is 113 Å². The van der Waals surface area contributed by atoms with Gasteiger partial charge in [-0.05, 0) is 194 Å². The molecule has 0 fully saturated rings. The van der Waals surface area contributed by atoms with Gasteiger partial charge in [0.05, 0.1) is 44.5 Å². The minimum Gasteiger partial charge on any atom is -0.310 e. The van der Waals surface area contributed by atoms with E-state index in [1.165, 1.54) is 181 Å². The normalized spacial score (nSPS) is 14.2. The maximum atomic E-state index is 2.61. The molecular weight excluding hydrogens is 897 g/mol. The van der Waals surface area contributed by atoms with Crippen LogP contribution in [0.5, 0.6) is 0 Å². The van der Waals surface area contributed by atoms with Crippen LogP contribution in [0.25, 0.3) is 76.2 Å². The SMILES string of the molecule is Cc1ccc(N(c2ccc3c(c2)CCC3)c2ccc3c4cc5c(cc4n4c6ccc(C(C)(C)C)cc6c2c34)c2ccc(N(c3ccc(C)cc3)c3ccc4c(c3)CCC4)c3c4cc(C(C)(C)C)ccc4n5c23)cc1. The van der Waals surface area contributed by atoms with Crippen molar-refractivity contribution in [3.05, 3.63) is 202 Å². The van der Waals surface area contributed by atoms with E-state index in [9.17, 15) is 0 Å². The van der Waals surface area contributed by atoms with E-state index in [-0.39, 0.29) is 10.8 Å². The van der Waals surface area contributed by atoms with Crippen molar-refractivity contribution in [3.63, 3.8) is 0 Å². The van der Waals surface area contributed by atoms with Gasteiger partial charge in [0, 0.05) is 65.8 Å². The maximum absolute atomic E-state index is 2.61. The van der Waals surface area contributed by atoms with Gasteiger partial charge in [-0.25, -0.2) is 0 Å². The Labute approximate surface area is 433 Å². The molecule has 0 unspecified atom stereocenters. The first kappa shape index (κ1) is 43.7. The molecule has 4 aromatic heterocycles. The monoisotopic (exact) mass is 958 g/mol. The smallest absolute Gasteiger partial charge is 0.0641 e. The predicted molar refractivity (Wildman–Crippen MR) is 316 cm³/mol. The third-order valence-electron chi connectivity index (χ3n) is 17.4. The molecule has 4 heterocycles. The van der Waals surface area contributed by atoms with Crippen molar-refractivity contribution in [3.8, 4) is 0 Å². The zero-order valence-corrected chi connectivity index (χ0v) is 44.0. The van der Waals surface area contributed by atoms with E-state index in [4.69, 9.17) is 0 Å². The molecule has 9 aromatic carbocycles. The average Bonchev–Trinajstić information content (AvgIpc) is 4.26. The highest BCUT2D eigenvalue weighted by Crippen LogP contribution is 2.52. The summed E-state index contributed by atoms with van der Waals surface area (Å²) in [5.41, 5.74) is 25.9. The fourth-order valence-electron chi connectivity index (χ4n) is 13.5. The molecule has 0 spiro atoms. The van der Waals surface area contributed by atoms with E-state index in [0.29, 0.717) is 0 Å². The molecular formula is C70H62N4. The maximum Gasteiger partial charge on any atom is 0.0641 e. The Morgan fingerprint density at radius 3 is 1.14 bits per heavy atom. The Balaban J connectivity index is 1.04. The molecule has 0 aliphatic heterocycles. The quantitative estimate of drug-likeness (QED) is 0.165. The molecule has 0 saturated carbocycles. The molecule has 0 saturated heterocycles. The van der Waals surface area contributed by atoms with Gasteiger partial charge >= 0.3 is 0 Å². The van der Waals surface area contributed by atoms with Crippen molar-refractivity contribution in [2.24, 2.45) is 0 Å². The second kappa shape index (κ2) is 15.4. The van der Waals surface area contributed by atoms with Crippen molar-refractivity contribution in [2.75, 3.05) is 9.80 Å². The summed E-state index contributed by atoms with van der Waals surface area (Å²) >= 11 is 0. The van der Waals surface area contributed by atoms with Gasteiger partial charge in [0.2, 0.25) is 0 Å². The summed E-state index contributed by atoms with van der Waals surface area (Å²) in [5, 5.41) is 10.3. The molecule has 362 valence electrons. The Hall–Kier alpha value is -7.82. The molecule has 0 amide bonds. The first-order valence-electron chi connectivity index (χ1n) is 27.2. The van der Waals surface area contributed by atoms with E-state index >= 15 is 0 Å². The number of aryl methyl sites for hydroxylation is 6. The first-order chi connectivity index (χ1) is 35.8. The van der Waals surface area contributed by atoms with Gasteiger partial charge in [0.1, 0.15) is 0 Å². The van der Waals surface area contributed by atoms with Gasteiger partial charge in [-0.2, -0.15) is 0 Å². The minimum absolute atomic E-state index is 0.0170. The van der Waals surface area contributed by atoms with Crippen molar-refractivity contribution in [1.82, 2.24) is 8.80 Å². The van der Waals surface area contributed by atoms with E-state index in [0.717, 1.165) is 12.8 Å². The van der Waals surface area contributed by atoms with Gasteiger partial charge in [0.25, 0.3) is 0 Å². The lowest BCUT2D eigenvalue weighted by molar-refractivity contribution is 0.591. The van der Waals surface area contributed by atoms with Crippen molar-refractivity contribution >= 4 is 110 Å². The number of anilines is 6. The van der Waals surface area contributed by atoms with Crippen LogP contribution in [0.2, 0.25) is 0 Å². The number of aromatic nitrogens is 2. The Bertz CT molecular complexity index is 4160. The van der Waals surface area contributed by atoms with Crippen LogP contribution >= 0.6 is 0 Å². The molecule has 74 heavy (non-hydrogen) atoms. The molecule has 2 aliphatic carbocycles. The summed E-state index contributed by atoms with van der Waals surface area (Å²) in [4.78, 5) is 5.08. The number of hydrogen-bond donors (Lipinski definition) is 0. The fraction of sp³-hybridized carbons (Fsp3) is 0.229. The van der Waals surface area contributed by atoms with Crippen LogP contribution in [0, 0.1) is 13.8 Å². The topological polar surface area (TPSA) is 15.3 Å². The highest BCUT2D eigenvalue weighted by molar-refractivity contribution is 6.32. The molecule has 0 atom stereocenters. The molecule has 2 aliphatic rings. The van der Waals surface area contributed by atoms with Crippen molar-refractivity contribution < 1.29 is 0 Å². The summed E-state index contributed by atoms with van der Waals surface area (Å²) in [6.07, 6.45) is 7.06. The number of benzene rings is 9. The number of rotatable bonds is 6. The molecule has 4 nitrogen and oxygen atoms in total. The number of fused-ring (bicyclic) bond motifs is 14. The lowest BCUT2D eigenvalue weighted by Gasteiger charge is -2.27. The standard InChI is InChI=1S/C70H62N4/c1-41-15-23-49(24-16-41)71(51-27-19-43-11-9-13-45(43)35-51)61-33-29-53-55-39-64-56(40-63(55)73-59-31-21-47(69(3,4)5)37-57(59)65(61)67(53)73)54-30-34-62(66-58-38-48(70(6,7)8)22-32-60(58)74(64)68(54)66)72(50-25-17-42(2)18-26-50)52-28-20-44-12-10-14-46(44)36-52/h15-40H,9-14H2,1-8H3. The summed E-state index contributed by atoms with van der Waals surface area (Å²) in [5.74, 6) is 0. The molecule has 0 N–H and O–H groups in total. The summed E-state index contributed by atoms with van der Waals surface area (Å²) in [7, 11) is 0. The molecule has 0 radical (unpaired) electrons. The summed E-state index contributed by atoms with van der Waals surface area (Å²) < 4.78 is 5.23. The lowest BCUT2D eigenvalue weighted by atomic mass is 9.86. The second-order valence-corrected chi connectivity index (χ2v) is 24.2. The summed E-state index contributed by atoms with van der Waals surface area (Å²) in [6.45, 7) is 18.4. The van der Waals surface area contributed by atoms with Crippen LogP contribution in [-0.2, 0) is 36.5 Å². The zero-order valence-electron chi connectivity index (χ0n) is 44.0. The number of nitrogens with zero attached hydrogens (tertiary/aromatic N) is 4. The molecule has 0 bridgehead atoms. The molecule has 4 heteroatoms. The van der Waals surface area contributed by atoms with Crippen LogP contribution < -0.4 is 9.80 Å². The van der Waals surface area contributed by atoms with Crippen molar-refractivity contribution in [2.45, 2.75) is 105 Å². The molecule has 13 aromatic rings. The van der Waals surface area contributed by atoms with Crippen LogP contribution in [0.3, 0.4) is 0 Å². The Kier molecular flexibility index (Phi) is 9.08. The van der Waals surface area contributed by atoms with Gasteiger partial charge < -0.3 is 18.6 Å². The third kappa shape index (κ3) is 6.27. The van der Waals surface area contributed by atoms with Gasteiger partial charge in [0.15, 0.2) is 0 Å². The first-order valence-corrected chi connectivity index (χ1v) is 27.2. The van der Waals surface area contributed by atoms with Crippen LogP contribution in [-0.4, -0.2) is 8.80 Å². The highest BCUT2D eigenvalue weighted by atomic mass is 15.2. The average molecular weight is 959 g/mol. The van der Waals surface area contributed by atoms with Gasteiger partial charge in [-0.3, -0.25) is 0 Å². The zero-order chi connectivity index (χ0) is 50.1. The molecule has 15 rings (SSSR count). The summed E-state index contributed by atoms with van der Waals surface area (Å²) in [6, 6.07) is 62.1. The van der Waals surface area contributed by atoms with Gasteiger partial charge in [-0.15, -0.1) is 0 Å². The fourth-order valence-corrected chi connectivity index (χ4v) is 13.5. The van der Waals surface area contributed by atoms with E-state index in [1.807, 2.05) is 0 Å². The third-order valence-corrected chi connectivity index (χ3v) is 17.4. The predicted octanol–water partition coefficient (Wildman–Crippen LogP) is 19.1. The minimum atomic E-state index is -0.0170. The van der Waals surface area contributed by atoms with E-state index in [1.54, 1.807) is 0 Å². The van der Waals surface area contributed by atoms with E-state index in [2.05, 4.69) is 232 Å². The van der Waals surface area contributed by atoms with Crippen LogP contribution in [0.1, 0.15) is 98.9 Å². The Morgan fingerprint density at radius 1 is 0.338 bits per heavy atom.